The normalized spacial score (nSPS) is 23.8. The van der Waals surface area contributed by atoms with Gasteiger partial charge in [-0.25, -0.2) is 0 Å². The van der Waals surface area contributed by atoms with E-state index in [0.717, 1.165) is 31.2 Å². The zero-order valence-corrected chi connectivity index (χ0v) is 13.6. The second kappa shape index (κ2) is 8.30. The summed E-state index contributed by atoms with van der Waals surface area (Å²) >= 11 is 0. The number of hydrogen-bond acceptors (Lipinski definition) is 4. The lowest BCUT2D eigenvalue weighted by Gasteiger charge is -2.26. The number of benzene rings is 1. The molecule has 22 heavy (non-hydrogen) atoms. The van der Waals surface area contributed by atoms with Crippen LogP contribution in [0.3, 0.4) is 0 Å². The summed E-state index contributed by atoms with van der Waals surface area (Å²) in [5.74, 6) is -0.889. The van der Waals surface area contributed by atoms with Crippen molar-refractivity contribution in [2.75, 3.05) is 20.7 Å². The van der Waals surface area contributed by atoms with Gasteiger partial charge < -0.3 is 14.7 Å². The Morgan fingerprint density at radius 3 is 2.59 bits per heavy atom. The van der Waals surface area contributed by atoms with Crippen LogP contribution in [0.15, 0.2) is 30.3 Å². The predicted molar refractivity (Wildman–Crippen MR) is 86.7 cm³/mol. The molecule has 1 N–H and O–H groups in total. The fourth-order valence-electron chi connectivity index (χ4n) is 3.11. The molecule has 0 heterocycles. The van der Waals surface area contributed by atoms with Crippen LogP contribution in [-0.2, 0) is 9.53 Å². The maximum absolute atomic E-state index is 12.4. The number of nitrogens with zero attached hydrogens (tertiary/aromatic N) is 1. The van der Waals surface area contributed by atoms with Gasteiger partial charge in [-0.1, -0.05) is 36.8 Å². The van der Waals surface area contributed by atoms with Gasteiger partial charge in [0.15, 0.2) is 0 Å². The van der Waals surface area contributed by atoms with E-state index < -0.39 is 5.92 Å². The summed E-state index contributed by atoms with van der Waals surface area (Å²) in [5.41, 5.74) is 0.813. The number of carbonyl (C=O) groups excluding carboxylic acids is 1. The van der Waals surface area contributed by atoms with E-state index in [9.17, 15) is 9.90 Å². The van der Waals surface area contributed by atoms with Crippen molar-refractivity contribution < 1.29 is 14.6 Å². The van der Waals surface area contributed by atoms with Crippen LogP contribution in [0.4, 0.5) is 0 Å². The van der Waals surface area contributed by atoms with Crippen molar-refractivity contribution >= 4 is 5.97 Å². The lowest BCUT2D eigenvalue weighted by molar-refractivity contribution is -0.153. The summed E-state index contributed by atoms with van der Waals surface area (Å²) in [6.45, 7) is -0.216. The van der Waals surface area contributed by atoms with Crippen molar-refractivity contribution in [3.05, 3.63) is 35.9 Å². The molecule has 0 radical (unpaired) electrons. The fourth-order valence-corrected chi connectivity index (χ4v) is 3.11. The van der Waals surface area contributed by atoms with E-state index in [4.69, 9.17) is 4.74 Å². The maximum atomic E-state index is 12.4. The van der Waals surface area contributed by atoms with Crippen LogP contribution in [0.1, 0.15) is 43.6 Å². The van der Waals surface area contributed by atoms with Crippen molar-refractivity contribution in [1.82, 2.24) is 4.90 Å². The summed E-state index contributed by atoms with van der Waals surface area (Å²) < 4.78 is 5.73. The molecule has 1 fully saturated rings. The minimum absolute atomic E-state index is 0.0415. The molecule has 1 saturated carbocycles. The first kappa shape index (κ1) is 17.0. The third-order valence-corrected chi connectivity index (χ3v) is 4.53. The summed E-state index contributed by atoms with van der Waals surface area (Å²) in [4.78, 5) is 14.7. The first-order chi connectivity index (χ1) is 10.6. The van der Waals surface area contributed by atoms with Crippen molar-refractivity contribution in [3.63, 3.8) is 0 Å². The molecule has 1 aliphatic carbocycles. The lowest BCUT2D eigenvalue weighted by Crippen LogP contribution is -2.33. The number of hydrogen-bond donors (Lipinski definition) is 1. The smallest absolute Gasteiger partial charge is 0.316 e. The molecule has 4 heteroatoms. The lowest BCUT2D eigenvalue weighted by atomic mass is 10.00. The molecule has 122 valence electrons. The van der Waals surface area contributed by atoms with Gasteiger partial charge in [-0.3, -0.25) is 4.79 Å². The van der Waals surface area contributed by atoms with Crippen molar-refractivity contribution in [3.8, 4) is 0 Å². The van der Waals surface area contributed by atoms with E-state index in [1.54, 1.807) is 0 Å². The van der Waals surface area contributed by atoms with Gasteiger partial charge in [-0.2, -0.15) is 0 Å². The van der Waals surface area contributed by atoms with Crippen molar-refractivity contribution in [2.45, 2.75) is 50.2 Å². The number of carbonyl (C=O) groups is 1. The van der Waals surface area contributed by atoms with E-state index >= 15 is 0 Å². The number of ether oxygens (including phenoxy) is 1. The largest absolute Gasteiger partial charge is 0.462 e. The van der Waals surface area contributed by atoms with Gasteiger partial charge in [0.1, 0.15) is 12.0 Å². The molecule has 4 nitrogen and oxygen atoms in total. The van der Waals surface area contributed by atoms with Crippen molar-refractivity contribution in [1.29, 1.82) is 0 Å². The highest BCUT2D eigenvalue weighted by Gasteiger charge is 2.28. The SMILES string of the molecule is CN(C)[C@H]1CCCCC(OC(=O)C(CO)c2ccccc2)C1. The molecule has 0 aliphatic heterocycles. The van der Waals surface area contributed by atoms with Crippen LogP contribution in [0.25, 0.3) is 0 Å². The standard InChI is InChI=1S/C18H27NO3/c1-19(2)15-10-6-7-11-16(12-15)22-18(21)17(13-20)14-8-4-3-5-9-14/h3-5,8-9,15-17,20H,6-7,10-13H2,1-2H3/t15-,16?,17?/m0/s1. The maximum Gasteiger partial charge on any atom is 0.316 e. The van der Waals surface area contributed by atoms with Crippen LogP contribution >= 0.6 is 0 Å². The van der Waals surface area contributed by atoms with Gasteiger partial charge in [0, 0.05) is 6.04 Å². The van der Waals surface area contributed by atoms with Crippen LogP contribution < -0.4 is 0 Å². The topological polar surface area (TPSA) is 49.8 Å². The summed E-state index contributed by atoms with van der Waals surface area (Å²) in [5, 5.41) is 9.57. The fraction of sp³-hybridized carbons (Fsp3) is 0.611. The quantitative estimate of drug-likeness (QED) is 0.671. The molecule has 2 unspecified atom stereocenters. The third kappa shape index (κ3) is 4.55. The Morgan fingerprint density at radius 1 is 1.27 bits per heavy atom. The average molecular weight is 305 g/mol. The summed E-state index contributed by atoms with van der Waals surface area (Å²) in [6.07, 6.45) is 5.19. The molecular weight excluding hydrogens is 278 g/mol. The molecular formula is C18H27NO3. The average Bonchev–Trinajstić information content (AvgIpc) is 2.75. The van der Waals surface area contributed by atoms with E-state index in [1.165, 1.54) is 6.42 Å². The molecule has 3 atom stereocenters. The Balaban J connectivity index is 2.00. The Morgan fingerprint density at radius 2 is 1.95 bits per heavy atom. The van der Waals surface area contributed by atoms with Crippen LogP contribution in [0, 0.1) is 0 Å². The number of esters is 1. The molecule has 0 saturated heterocycles. The highest BCUT2D eigenvalue weighted by Crippen LogP contribution is 2.25. The van der Waals surface area contributed by atoms with Gasteiger partial charge in [-0.15, -0.1) is 0 Å². The van der Waals surface area contributed by atoms with Crippen LogP contribution in [0.5, 0.6) is 0 Å². The monoisotopic (exact) mass is 305 g/mol. The first-order valence-corrected chi connectivity index (χ1v) is 8.14. The number of aliphatic hydroxyl groups is 1. The van der Waals surface area contributed by atoms with Gasteiger partial charge in [0.25, 0.3) is 0 Å². The van der Waals surface area contributed by atoms with E-state index in [2.05, 4.69) is 19.0 Å². The molecule has 0 amide bonds. The molecule has 2 rings (SSSR count). The Bertz CT molecular complexity index is 461. The molecule has 0 bridgehead atoms. The van der Waals surface area contributed by atoms with E-state index in [-0.39, 0.29) is 18.7 Å². The molecule has 0 aromatic heterocycles. The van der Waals surface area contributed by atoms with E-state index in [1.807, 2.05) is 30.3 Å². The molecule has 1 aliphatic rings. The van der Waals surface area contributed by atoms with Crippen LogP contribution in [-0.4, -0.2) is 48.8 Å². The zero-order chi connectivity index (χ0) is 15.9. The predicted octanol–water partition coefficient (Wildman–Crippen LogP) is 2.57. The summed E-state index contributed by atoms with van der Waals surface area (Å²) in [6, 6.07) is 9.83. The molecule has 1 aromatic carbocycles. The third-order valence-electron chi connectivity index (χ3n) is 4.53. The van der Waals surface area contributed by atoms with Gasteiger partial charge >= 0.3 is 5.97 Å². The van der Waals surface area contributed by atoms with E-state index in [0.29, 0.717) is 6.04 Å². The van der Waals surface area contributed by atoms with Gasteiger partial charge in [0.05, 0.1) is 6.61 Å². The highest BCUT2D eigenvalue weighted by atomic mass is 16.5. The van der Waals surface area contributed by atoms with Gasteiger partial charge in [-0.05, 0) is 45.3 Å². The van der Waals surface area contributed by atoms with Gasteiger partial charge in [0.2, 0.25) is 0 Å². The summed E-state index contributed by atoms with van der Waals surface area (Å²) in [7, 11) is 4.16. The Hall–Kier alpha value is -1.39. The Kier molecular flexibility index (Phi) is 6.40. The minimum atomic E-state index is -0.581. The Labute approximate surface area is 133 Å². The molecule has 0 spiro atoms. The molecule has 1 aromatic rings. The highest BCUT2D eigenvalue weighted by molar-refractivity contribution is 5.78. The van der Waals surface area contributed by atoms with Crippen LogP contribution in [0.2, 0.25) is 0 Å². The second-order valence-electron chi connectivity index (χ2n) is 6.34. The second-order valence-corrected chi connectivity index (χ2v) is 6.34. The first-order valence-electron chi connectivity index (χ1n) is 8.14. The number of rotatable bonds is 5. The zero-order valence-electron chi connectivity index (χ0n) is 13.6. The minimum Gasteiger partial charge on any atom is -0.462 e. The van der Waals surface area contributed by atoms with Crippen molar-refractivity contribution in [2.24, 2.45) is 0 Å². The number of aliphatic hydroxyl groups excluding tert-OH is 1.